The van der Waals surface area contributed by atoms with Gasteiger partial charge >= 0.3 is 0 Å². The number of rotatable bonds is 2. The van der Waals surface area contributed by atoms with E-state index in [0.29, 0.717) is 6.04 Å². The van der Waals surface area contributed by atoms with Crippen molar-refractivity contribution in [1.29, 1.82) is 0 Å². The van der Waals surface area contributed by atoms with Crippen molar-refractivity contribution in [1.82, 2.24) is 15.3 Å². The van der Waals surface area contributed by atoms with Gasteiger partial charge in [-0.15, -0.1) is 0 Å². The molecule has 1 fully saturated rings. The number of hydrogen-bond donors (Lipinski definition) is 1. The molecule has 0 saturated carbocycles. The van der Waals surface area contributed by atoms with E-state index < -0.39 is 0 Å². The van der Waals surface area contributed by atoms with Crippen molar-refractivity contribution in [3.63, 3.8) is 0 Å². The number of fused-ring (bicyclic) bond motifs is 2. The Morgan fingerprint density at radius 2 is 2.08 bits per heavy atom. The highest BCUT2D eigenvalue weighted by atomic mass is 79.9. The second kappa shape index (κ2) is 6.76. The number of nitrogens with one attached hydrogen (secondary N) is 1. The Balaban J connectivity index is 1.33. The average molecular weight is 415 g/mol. The molecule has 26 heavy (non-hydrogen) atoms. The third-order valence-corrected chi connectivity index (χ3v) is 6.13. The minimum Gasteiger partial charge on any atom is -0.492 e. The van der Waals surface area contributed by atoms with Gasteiger partial charge in [0.15, 0.2) is 0 Å². The molecule has 1 aromatic rings. The smallest absolute Gasteiger partial charge is 0.124 e. The summed E-state index contributed by atoms with van der Waals surface area (Å²) in [5.41, 5.74) is 3.82. The number of allylic oxidation sites excluding steroid dienone is 3. The summed E-state index contributed by atoms with van der Waals surface area (Å²) < 4.78 is 7.30. The molecule has 0 aliphatic carbocycles. The van der Waals surface area contributed by atoms with E-state index in [1.54, 1.807) is 0 Å². The predicted octanol–water partition coefficient (Wildman–Crippen LogP) is 2.62. The van der Waals surface area contributed by atoms with Crippen LogP contribution in [0.5, 0.6) is 5.75 Å². The van der Waals surface area contributed by atoms with Gasteiger partial charge in [-0.2, -0.15) is 0 Å². The fraction of sp³-hybridized carbons (Fsp3) is 0.400. The average Bonchev–Trinajstić information content (AvgIpc) is 3.13. The maximum Gasteiger partial charge on any atom is 0.124 e. The fourth-order valence-corrected chi connectivity index (χ4v) is 4.71. The monoisotopic (exact) mass is 414 g/mol. The molecule has 6 heteroatoms. The first-order valence-corrected chi connectivity index (χ1v) is 10.1. The molecule has 0 radical (unpaired) electrons. The van der Waals surface area contributed by atoms with Crippen LogP contribution in [0.1, 0.15) is 5.56 Å². The van der Waals surface area contributed by atoms with Gasteiger partial charge in [0.2, 0.25) is 0 Å². The van der Waals surface area contributed by atoms with Gasteiger partial charge in [-0.1, -0.05) is 12.1 Å². The standard InChI is InChI=1S/C20H23BrN4O/c21-20-3-1-2-16-6-9-24(25(16)20)18-12-15-4-5-17(13-19(15)26-14-18)23-10-7-22-8-11-23/h1-6,13,18,22H,7-12,14H2/t18-/m1/s1. The number of halogens is 1. The third-order valence-electron chi connectivity index (χ3n) is 5.53. The van der Waals surface area contributed by atoms with Gasteiger partial charge in [0, 0.05) is 44.5 Å². The predicted molar refractivity (Wildman–Crippen MR) is 107 cm³/mol. The first kappa shape index (κ1) is 16.4. The Hall–Kier alpha value is -1.76. The van der Waals surface area contributed by atoms with Crippen molar-refractivity contribution in [2.24, 2.45) is 0 Å². The lowest BCUT2D eigenvalue weighted by Crippen LogP contribution is -2.48. The van der Waals surface area contributed by atoms with E-state index in [-0.39, 0.29) is 0 Å². The van der Waals surface area contributed by atoms with E-state index in [1.807, 2.05) is 0 Å². The Morgan fingerprint density at radius 3 is 2.96 bits per heavy atom. The SMILES string of the molecule is BrC1=CC=CC2=CCN([C@H]3COc4cc(N5CCNCC5)ccc4C3)N12. The summed E-state index contributed by atoms with van der Waals surface area (Å²) >= 11 is 3.69. The van der Waals surface area contributed by atoms with Crippen molar-refractivity contribution in [3.8, 4) is 5.75 Å². The first-order valence-electron chi connectivity index (χ1n) is 9.32. The topological polar surface area (TPSA) is 31.0 Å². The van der Waals surface area contributed by atoms with Crippen LogP contribution in [0.15, 0.2) is 52.8 Å². The lowest BCUT2D eigenvalue weighted by atomic mass is 10.0. The van der Waals surface area contributed by atoms with Crippen LogP contribution in [0.4, 0.5) is 5.69 Å². The van der Waals surface area contributed by atoms with Gasteiger partial charge < -0.3 is 15.0 Å². The van der Waals surface area contributed by atoms with Crippen LogP contribution in [0.2, 0.25) is 0 Å². The summed E-state index contributed by atoms with van der Waals surface area (Å²) in [5.74, 6) is 1.05. The van der Waals surface area contributed by atoms with Gasteiger partial charge in [0.05, 0.1) is 11.7 Å². The molecule has 0 unspecified atom stereocenters. The minimum absolute atomic E-state index is 0.341. The Kier molecular flexibility index (Phi) is 4.27. The van der Waals surface area contributed by atoms with Crippen LogP contribution < -0.4 is 15.0 Å². The molecular weight excluding hydrogens is 392 g/mol. The van der Waals surface area contributed by atoms with Gasteiger partial charge in [-0.05, 0) is 52.2 Å². The van der Waals surface area contributed by atoms with Crippen molar-refractivity contribution < 1.29 is 4.74 Å². The van der Waals surface area contributed by atoms with Crippen molar-refractivity contribution >= 4 is 21.6 Å². The molecule has 5 rings (SSSR count). The summed E-state index contributed by atoms with van der Waals surface area (Å²) in [5, 5.41) is 8.06. The minimum atomic E-state index is 0.341. The van der Waals surface area contributed by atoms with Crippen molar-refractivity contribution in [2.75, 3.05) is 44.2 Å². The van der Waals surface area contributed by atoms with E-state index in [2.05, 4.69) is 78.7 Å². The van der Waals surface area contributed by atoms with E-state index in [4.69, 9.17) is 4.74 Å². The maximum absolute atomic E-state index is 6.21. The Labute approximate surface area is 162 Å². The van der Waals surface area contributed by atoms with Gasteiger partial charge in [0.1, 0.15) is 17.0 Å². The zero-order valence-electron chi connectivity index (χ0n) is 14.7. The van der Waals surface area contributed by atoms with Gasteiger partial charge in [-0.3, -0.25) is 5.01 Å². The van der Waals surface area contributed by atoms with Crippen molar-refractivity contribution in [2.45, 2.75) is 12.5 Å². The highest BCUT2D eigenvalue weighted by Gasteiger charge is 2.34. The second-order valence-corrected chi connectivity index (χ2v) is 7.92. The van der Waals surface area contributed by atoms with Crippen molar-refractivity contribution in [3.05, 3.63) is 58.4 Å². The Morgan fingerprint density at radius 1 is 1.19 bits per heavy atom. The molecule has 4 aliphatic heterocycles. The highest BCUT2D eigenvalue weighted by molar-refractivity contribution is 9.11. The molecule has 4 heterocycles. The number of piperazine rings is 1. The fourth-order valence-electron chi connectivity index (χ4n) is 4.15. The molecule has 0 spiro atoms. The van der Waals surface area contributed by atoms with E-state index in [0.717, 1.165) is 56.1 Å². The summed E-state index contributed by atoms with van der Waals surface area (Å²) in [7, 11) is 0. The van der Waals surface area contributed by atoms with Crippen LogP contribution in [-0.4, -0.2) is 55.4 Å². The third kappa shape index (κ3) is 2.86. The molecule has 0 amide bonds. The molecule has 5 nitrogen and oxygen atoms in total. The number of anilines is 1. The molecule has 1 N–H and O–H groups in total. The number of hydrogen-bond acceptors (Lipinski definition) is 5. The molecule has 1 atom stereocenters. The number of nitrogens with zero attached hydrogens (tertiary/aromatic N) is 3. The highest BCUT2D eigenvalue weighted by Crippen LogP contribution is 2.36. The molecule has 4 aliphatic rings. The molecule has 136 valence electrons. The zero-order chi connectivity index (χ0) is 17.5. The maximum atomic E-state index is 6.21. The van der Waals surface area contributed by atoms with Crippen LogP contribution >= 0.6 is 15.9 Å². The molecule has 1 aromatic carbocycles. The van der Waals surface area contributed by atoms with E-state index >= 15 is 0 Å². The summed E-state index contributed by atoms with van der Waals surface area (Å²) in [6.45, 7) is 5.87. The first-order chi connectivity index (χ1) is 12.8. The number of benzene rings is 1. The number of hydrazine groups is 1. The number of ether oxygens (including phenoxy) is 1. The lowest BCUT2D eigenvalue weighted by molar-refractivity contribution is 0.00839. The largest absolute Gasteiger partial charge is 0.492 e. The molecular formula is C20H23BrN4O. The quantitative estimate of drug-likeness (QED) is 0.751. The summed E-state index contributed by atoms with van der Waals surface area (Å²) in [4.78, 5) is 2.44. The van der Waals surface area contributed by atoms with E-state index in [1.165, 1.54) is 16.9 Å². The summed E-state index contributed by atoms with van der Waals surface area (Å²) in [6, 6.07) is 7.07. The lowest BCUT2D eigenvalue weighted by Gasteiger charge is -2.40. The van der Waals surface area contributed by atoms with Crippen LogP contribution in [0.25, 0.3) is 0 Å². The van der Waals surface area contributed by atoms with Crippen LogP contribution in [-0.2, 0) is 6.42 Å². The second-order valence-electron chi connectivity index (χ2n) is 7.11. The normalized spacial score (nSPS) is 25.3. The Bertz CT molecular complexity index is 797. The molecule has 0 bridgehead atoms. The van der Waals surface area contributed by atoms with Gasteiger partial charge in [-0.25, -0.2) is 5.01 Å². The molecule has 0 aromatic heterocycles. The van der Waals surface area contributed by atoms with Gasteiger partial charge in [0.25, 0.3) is 0 Å². The van der Waals surface area contributed by atoms with E-state index in [9.17, 15) is 0 Å². The summed E-state index contributed by atoms with van der Waals surface area (Å²) in [6.07, 6.45) is 9.61. The van der Waals surface area contributed by atoms with Crippen LogP contribution in [0.3, 0.4) is 0 Å². The zero-order valence-corrected chi connectivity index (χ0v) is 16.3. The molecule has 1 saturated heterocycles. The van der Waals surface area contributed by atoms with Crippen LogP contribution in [0, 0.1) is 0 Å².